The van der Waals surface area contributed by atoms with Crippen molar-refractivity contribution in [1.82, 2.24) is 4.98 Å². The molecule has 106 valence electrons. The minimum absolute atomic E-state index is 0.342. The van der Waals surface area contributed by atoms with Crippen LogP contribution in [-0.4, -0.2) is 12.1 Å². The smallest absolute Gasteiger partial charge is 0.146 e. The molecule has 1 aromatic heterocycles. The lowest BCUT2D eigenvalue weighted by atomic mass is 10.1. The third-order valence-corrected chi connectivity index (χ3v) is 3.36. The van der Waals surface area contributed by atoms with Crippen LogP contribution in [0.3, 0.4) is 0 Å². The first-order valence-corrected chi connectivity index (χ1v) is 6.58. The van der Waals surface area contributed by atoms with E-state index in [0.29, 0.717) is 17.3 Å². The van der Waals surface area contributed by atoms with Crippen LogP contribution >= 0.6 is 11.6 Å². The molecule has 0 unspecified atom stereocenters. The minimum atomic E-state index is -0.342. The highest BCUT2D eigenvalue weighted by Crippen LogP contribution is 2.25. The van der Waals surface area contributed by atoms with Crippen molar-refractivity contribution in [2.75, 3.05) is 12.4 Å². The summed E-state index contributed by atoms with van der Waals surface area (Å²) in [6.45, 7) is 4.27. The van der Waals surface area contributed by atoms with Crippen molar-refractivity contribution in [3.63, 3.8) is 0 Å². The van der Waals surface area contributed by atoms with Gasteiger partial charge in [-0.15, -0.1) is 0 Å². The zero-order chi connectivity index (χ0) is 14.7. The number of nitrogens with one attached hydrogen (secondary N) is 1. The van der Waals surface area contributed by atoms with Gasteiger partial charge in [-0.1, -0.05) is 11.6 Å². The van der Waals surface area contributed by atoms with E-state index in [-0.39, 0.29) is 5.82 Å². The van der Waals surface area contributed by atoms with Crippen LogP contribution in [0.5, 0.6) is 5.75 Å². The van der Waals surface area contributed by atoms with E-state index >= 15 is 0 Å². The molecular formula is C15H16ClFN2O. The molecule has 0 aliphatic carbocycles. The van der Waals surface area contributed by atoms with Gasteiger partial charge in [0.1, 0.15) is 11.6 Å². The number of hydrogen-bond donors (Lipinski definition) is 1. The Labute approximate surface area is 122 Å². The van der Waals surface area contributed by atoms with Crippen molar-refractivity contribution in [3.05, 3.63) is 52.1 Å². The molecule has 0 fully saturated rings. The highest BCUT2D eigenvalue weighted by atomic mass is 35.5. The quantitative estimate of drug-likeness (QED) is 0.921. The topological polar surface area (TPSA) is 34.1 Å². The van der Waals surface area contributed by atoms with Crippen molar-refractivity contribution < 1.29 is 9.13 Å². The molecule has 0 saturated carbocycles. The van der Waals surface area contributed by atoms with Crippen molar-refractivity contribution in [3.8, 4) is 5.75 Å². The van der Waals surface area contributed by atoms with Crippen LogP contribution < -0.4 is 10.1 Å². The highest BCUT2D eigenvalue weighted by molar-refractivity contribution is 6.30. The number of nitrogens with zero attached hydrogens (tertiary/aromatic N) is 1. The van der Waals surface area contributed by atoms with Gasteiger partial charge in [-0.3, -0.25) is 4.98 Å². The standard InChI is InChI=1S/C15H16ClFN2O/c1-9-7-18-14(10(2)15(9)20-3)8-19-13-6-11(16)4-5-12(13)17/h4-7,19H,8H2,1-3H3. The van der Waals surface area contributed by atoms with Gasteiger partial charge in [0, 0.05) is 22.3 Å². The highest BCUT2D eigenvalue weighted by Gasteiger charge is 2.10. The Morgan fingerprint density at radius 1 is 1.35 bits per heavy atom. The lowest BCUT2D eigenvalue weighted by Gasteiger charge is -2.13. The molecule has 0 bridgehead atoms. The lowest BCUT2D eigenvalue weighted by Crippen LogP contribution is -2.07. The van der Waals surface area contributed by atoms with Crippen LogP contribution in [0.4, 0.5) is 10.1 Å². The van der Waals surface area contributed by atoms with Gasteiger partial charge >= 0.3 is 0 Å². The third kappa shape index (κ3) is 3.02. The molecule has 0 radical (unpaired) electrons. The second-order valence-corrected chi connectivity index (χ2v) is 4.96. The Bertz CT molecular complexity index is 632. The summed E-state index contributed by atoms with van der Waals surface area (Å²) < 4.78 is 19.0. The van der Waals surface area contributed by atoms with Crippen molar-refractivity contribution in [2.24, 2.45) is 0 Å². The van der Waals surface area contributed by atoms with Gasteiger partial charge in [0.2, 0.25) is 0 Å². The lowest BCUT2D eigenvalue weighted by molar-refractivity contribution is 0.407. The van der Waals surface area contributed by atoms with E-state index in [0.717, 1.165) is 22.6 Å². The summed E-state index contributed by atoms with van der Waals surface area (Å²) in [6, 6.07) is 4.40. The number of halogens is 2. The van der Waals surface area contributed by atoms with Gasteiger partial charge in [-0.05, 0) is 32.0 Å². The van der Waals surface area contributed by atoms with Crippen molar-refractivity contribution in [1.29, 1.82) is 0 Å². The number of hydrogen-bond acceptors (Lipinski definition) is 3. The molecule has 0 amide bonds. The van der Waals surface area contributed by atoms with Crippen molar-refractivity contribution >= 4 is 17.3 Å². The molecular weight excluding hydrogens is 279 g/mol. The second-order valence-electron chi connectivity index (χ2n) is 4.52. The summed E-state index contributed by atoms with van der Waals surface area (Å²) in [7, 11) is 1.63. The van der Waals surface area contributed by atoms with Crippen LogP contribution in [0.1, 0.15) is 16.8 Å². The number of ether oxygens (including phenoxy) is 1. The van der Waals surface area contributed by atoms with Crippen LogP contribution in [0.25, 0.3) is 0 Å². The number of anilines is 1. The van der Waals surface area contributed by atoms with Gasteiger partial charge in [0.25, 0.3) is 0 Å². The van der Waals surface area contributed by atoms with E-state index in [9.17, 15) is 4.39 Å². The zero-order valence-electron chi connectivity index (χ0n) is 11.6. The Hall–Kier alpha value is -1.81. The number of benzene rings is 1. The predicted molar refractivity (Wildman–Crippen MR) is 79.0 cm³/mol. The number of pyridine rings is 1. The molecule has 0 saturated heterocycles. The maximum atomic E-state index is 13.6. The van der Waals surface area contributed by atoms with Crippen LogP contribution in [0.2, 0.25) is 5.02 Å². The van der Waals surface area contributed by atoms with Crippen LogP contribution in [0, 0.1) is 19.7 Å². The maximum Gasteiger partial charge on any atom is 0.146 e. The fourth-order valence-corrected chi connectivity index (χ4v) is 2.23. The van der Waals surface area contributed by atoms with Gasteiger partial charge in [-0.25, -0.2) is 4.39 Å². The summed E-state index contributed by atoms with van der Waals surface area (Å²) in [6.07, 6.45) is 1.75. The van der Waals surface area contributed by atoms with E-state index in [4.69, 9.17) is 16.3 Å². The summed E-state index contributed by atoms with van der Waals surface area (Å²) in [5, 5.41) is 3.49. The monoisotopic (exact) mass is 294 g/mol. The zero-order valence-corrected chi connectivity index (χ0v) is 12.4. The van der Waals surface area contributed by atoms with Crippen LogP contribution in [-0.2, 0) is 6.54 Å². The van der Waals surface area contributed by atoms with E-state index in [2.05, 4.69) is 10.3 Å². The number of aromatic nitrogens is 1. The minimum Gasteiger partial charge on any atom is -0.496 e. The molecule has 0 spiro atoms. The number of rotatable bonds is 4. The Balaban J connectivity index is 2.21. The summed E-state index contributed by atoms with van der Waals surface area (Å²) in [4.78, 5) is 4.36. The van der Waals surface area contributed by atoms with Gasteiger partial charge in [0.05, 0.1) is 25.0 Å². The van der Waals surface area contributed by atoms with Crippen LogP contribution in [0.15, 0.2) is 24.4 Å². The van der Waals surface area contributed by atoms with E-state index in [1.807, 2.05) is 13.8 Å². The first-order chi connectivity index (χ1) is 9.52. The largest absolute Gasteiger partial charge is 0.496 e. The van der Waals surface area contributed by atoms with Crippen molar-refractivity contribution in [2.45, 2.75) is 20.4 Å². The SMILES string of the molecule is COc1c(C)cnc(CNc2cc(Cl)ccc2F)c1C. The number of methoxy groups -OCH3 is 1. The predicted octanol–water partition coefficient (Wildman–Crippen LogP) is 4.11. The van der Waals surface area contributed by atoms with Gasteiger partial charge < -0.3 is 10.1 Å². The number of aryl methyl sites for hydroxylation is 1. The average molecular weight is 295 g/mol. The molecule has 3 nitrogen and oxygen atoms in total. The average Bonchev–Trinajstić information content (AvgIpc) is 2.42. The molecule has 0 atom stereocenters. The Kier molecular flexibility index (Phi) is 4.45. The molecule has 1 N–H and O–H groups in total. The maximum absolute atomic E-state index is 13.6. The van der Waals surface area contributed by atoms with E-state index in [1.54, 1.807) is 19.4 Å². The van der Waals surface area contributed by atoms with Gasteiger partial charge in [0.15, 0.2) is 0 Å². The molecule has 0 aliphatic rings. The Morgan fingerprint density at radius 2 is 2.10 bits per heavy atom. The summed E-state index contributed by atoms with van der Waals surface area (Å²) in [5.74, 6) is 0.467. The summed E-state index contributed by atoms with van der Waals surface area (Å²) >= 11 is 5.86. The first-order valence-electron chi connectivity index (χ1n) is 6.21. The summed E-state index contributed by atoms with van der Waals surface area (Å²) in [5.41, 5.74) is 3.09. The van der Waals surface area contributed by atoms with E-state index < -0.39 is 0 Å². The molecule has 0 aliphatic heterocycles. The normalized spacial score (nSPS) is 10.4. The fourth-order valence-electron chi connectivity index (χ4n) is 2.06. The molecule has 5 heteroatoms. The molecule has 1 aromatic carbocycles. The van der Waals surface area contributed by atoms with Gasteiger partial charge in [-0.2, -0.15) is 0 Å². The fraction of sp³-hybridized carbons (Fsp3) is 0.267. The second kappa shape index (κ2) is 6.09. The molecule has 2 rings (SSSR count). The third-order valence-electron chi connectivity index (χ3n) is 3.12. The molecule has 1 heterocycles. The molecule has 20 heavy (non-hydrogen) atoms. The van der Waals surface area contributed by atoms with E-state index in [1.165, 1.54) is 12.1 Å². The first kappa shape index (κ1) is 14.6. The Morgan fingerprint density at radius 3 is 2.80 bits per heavy atom. The molecule has 2 aromatic rings.